The van der Waals surface area contributed by atoms with Gasteiger partial charge in [0.2, 0.25) is 0 Å². The molecule has 1 aliphatic rings. The van der Waals surface area contributed by atoms with Crippen molar-refractivity contribution >= 4 is 22.8 Å². The number of nitrogens with zero attached hydrogens (tertiary/aromatic N) is 3. The Morgan fingerprint density at radius 1 is 1.24 bits per heavy atom. The summed E-state index contributed by atoms with van der Waals surface area (Å²) in [5.41, 5.74) is 6.76. The molecule has 0 spiro atoms. The fraction of sp³-hybridized carbons (Fsp3) is 0.455. The molecule has 1 N–H and O–H groups in total. The van der Waals surface area contributed by atoms with Gasteiger partial charge in [0.05, 0.1) is 22.1 Å². The molecule has 29 heavy (non-hydrogen) atoms. The van der Waals surface area contributed by atoms with E-state index in [0.717, 1.165) is 53.4 Å². The van der Waals surface area contributed by atoms with Crippen LogP contribution in [0.1, 0.15) is 48.4 Å². The molecule has 0 amide bonds. The molecule has 1 aliphatic heterocycles. The van der Waals surface area contributed by atoms with E-state index in [1.165, 1.54) is 0 Å². The molecule has 154 valence electrons. The minimum absolute atomic E-state index is 0.147. The molecule has 0 radical (unpaired) electrons. The SMILES string of the molecule is Cc1c(C(=O)OC(C)C)cc2cc(-c3cncs3)cn2c1C(C)N1CCNCC1. The van der Waals surface area contributed by atoms with Gasteiger partial charge in [0.1, 0.15) is 0 Å². The largest absolute Gasteiger partial charge is 0.459 e. The van der Waals surface area contributed by atoms with Crippen LogP contribution in [-0.2, 0) is 4.74 Å². The number of fused-ring (bicyclic) bond motifs is 1. The molecule has 1 saturated heterocycles. The number of aromatic nitrogens is 2. The summed E-state index contributed by atoms with van der Waals surface area (Å²) in [6.45, 7) is 12.0. The topological polar surface area (TPSA) is 58.9 Å². The Kier molecular flexibility index (Phi) is 5.72. The monoisotopic (exact) mass is 412 g/mol. The summed E-state index contributed by atoms with van der Waals surface area (Å²) in [5.74, 6) is -0.255. The zero-order chi connectivity index (χ0) is 20.5. The predicted octanol–water partition coefficient (Wildman–Crippen LogP) is 3.90. The van der Waals surface area contributed by atoms with Gasteiger partial charge in [-0.1, -0.05) is 0 Å². The number of nitrogens with one attached hydrogen (secondary N) is 1. The number of hydrogen-bond acceptors (Lipinski definition) is 6. The van der Waals surface area contributed by atoms with Crippen molar-refractivity contribution in [1.29, 1.82) is 0 Å². The molecule has 0 saturated carbocycles. The van der Waals surface area contributed by atoms with Gasteiger partial charge >= 0.3 is 5.97 Å². The van der Waals surface area contributed by atoms with Gasteiger partial charge < -0.3 is 14.5 Å². The minimum Gasteiger partial charge on any atom is -0.459 e. The van der Waals surface area contributed by atoms with Gasteiger partial charge in [-0.15, -0.1) is 11.3 Å². The Morgan fingerprint density at radius 2 is 2.00 bits per heavy atom. The van der Waals surface area contributed by atoms with Crippen molar-refractivity contribution in [3.8, 4) is 10.4 Å². The minimum atomic E-state index is -0.255. The predicted molar refractivity (Wildman–Crippen MR) is 117 cm³/mol. The van der Waals surface area contributed by atoms with Crippen LogP contribution in [0.4, 0.5) is 0 Å². The zero-order valence-corrected chi connectivity index (χ0v) is 18.3. The lowest BCUT2D eigenvalue weighted by molar-refractivity contribution is 0.0376. The average Bonchev–Trinajstić information content (AvgIpc) is 3.36. The third-order valence-corrected chi connectivity index (χ3v) is 6.39. The summed E-state index contributed by atoms with van der Waals surface area (Å²) in [4.78, 5) is 20.7. The lowest BCUT2D eigenvalue weighted by atomic mass is 10.0. The highest BCUT2D eigenvalue weighted by Crippen LogP contribution is 2.33. The van der Waals surface area contributed by atoms with Crippen molar-refractivity contribution in [1.82, 2.24) is 19.6 Å². The lowest BCUT2D eigenvalue weighted by Gasteiger charge is -2.34. The van der Waals surface area contributed by atoms with E-state index in [2.05, 4.69) is 38.8 Å². The van der Waals surface area contributed by atoms with Crippen LogP contribution in [0.25, 0.3) is 16.0 Å². The van der Waals surface area contributed by atoms with E-state index < -0.39 is 0 Å². The van der Waals surface area contributed by atoms with E-state index in [4.69, 9.17) is 4.74 Å². The first-order chi connectivity index (χ1) is 14.0. The fourth-order valence-electron chi connectivity index (χ4n) is 4.11. The van der Waals surface area contributed by atoms with E-state index in [0.29, 0.717) is 5.56 Å². The number of hydrogen-bond donors (Lipinski definition) is 1. The standard InChI is InChI=1S/C22H28N4O2S/c1-14(2)28-22(27)19-10-18-9-17(20-11-24-13-29-20)12-26(18)21(15(19)3)16(4)25-7-5-23-6-8-25/h9-14,16,23H,5-8H2,1-4H3. The van der Waals surface area contributed by atoms with Gasteiger partial charge in [0, 0.05) is 61.4 Å². The zero-order valence-electron chi connectivity index (χ0n) is 17.4. The number of rotatable bonds is 5. The van der Waals surface area contributed by atoms with E-state index in [1.54, 1.807) is 11.3 Å². The van der Waals surface area contributed by atoms with Crippen LogP contribution in [0.5, 0.6) is 0 Å². The molecule has 0 aliphatic carbocycles. The second-order valence-electron chi connectivity index (χ2n) is 7.87. The Hall–Kier alpha value is -2.22. The van der Waals surface area contributed by atoms with Gasteiger partial charge in [-0.2, -0.15) is 0 Å². The lowest BCUT2D eigenvalue weighted by Crippen LogP contribution is -2.45. The number of thiazole rings is 1. The molecule has 6 nitrogen and oxygen atoms in total. The highest BCUT2D eigenvalue weighted by atomic mass is 32.1. The maximum absolute atomic E-state index is 12.8. The van der Waals surface area contributed by atoms with Crippen LogP contribution in [-0.4, -0.2) is 52.5 Å². The second-order valence-corrected chi connectivity index (χ2v) is 8.76. The number of piperazine rings is 1. The first-order valence-electron chi connectivity index (χ1n) is 10.2. The summed E-state index contributed by atoms with van der Waals surface area (Å²) in [6, 6.07) is 4.28. The molecule has 1 unspecified atom stereocenters. The van der Waals surface area contributed by atoms with Crippen LogP contribution < -0.4 is 5.32 Å². The maximum Gasteiger partial charge on any atom is 0.338 e. The van der Waals surface area contributed by atoms with Crippen LogP contribution >= 0.6 is 11.3 Å². The van der Waals surface area contributed by atoms with Gasteiger partial charge in [-0.05, 0) is 45.4 Å². The van der Waals surface area contributed by atoms with Crippen LogP contribution in [0.3, 0.4) is 0 Å². The summed E-state index contributed by atoms with van der Waals surface area (Å²) < 4.78 is 7.78. The molecule has 0 aromatic carbocycles. The third kappa shape index (κ3) is 3.95. The van der Waals surface area contributed by atoms with Crippen molar-refractivity contribution in [3.05, 3.63) is 46.9 Å². The molecule has 4 heterocycles. The molecular formula is C22H28N4O2S. The smallest absolute Gasteiger partial charge is 0.338 e. The van der Waals surface area contributed by atoms with E-state index >= 15 is 0 Å². The first kappa shape index (κ1) is 20.1. The van der Waals surface area contributed by atoms with Crippen molar-refractivity contribution in [2.45, 2.75) is 39.8 Å². The van der Waals surface area contributed by atoms with E-state index in [-0.39, 0.29) is 18.1 Å². The normalized spacial score (nSPS) is 16.4. The fourth-order valence-corrected chi connectivity index (χ4v) is 4.72. The molecule has 3 aromatic rings. The highest BCUT2D eigenvalue weighted by molar-refractivity contribution is 7.13. The third-order valence-electron chi connectivity index (χ3n) is 5.56. The van der Waals surface area contributed by atoms with Crippen molar-refractivity contribution in [2.24, 2.45) is 0 Å². The summed E-state index contributed by atoms with van der Waals surface area (Å²) in [7, 11) is 0. The molecular weight excluding hydrogens is 384 g/mol. The van der Waals surface area contributed by atoms with Gasteiger partial charge in [-0.25, -0.2) is 4.79 Å². The van der Waals surface area contributed by atoms with Crippen molar-refractivity contribution in [2.75, 3.05) is 26.2 Å². The van der Waals surface area contributed by atoms with E-state index in [9.17, 15) is 4.79 Å². The maximum atomic E-state index is 12.8. The average molecular weight is 413 g/mol. The molecule has 3 aromatic heterocycles. The van der Waals surface area contributed by atoms with Crippen LogP contribution in [0.2, 0.25) is 0 Å². The van der Waals surface area contributed by atoms with E-state index in [1.807, 2.05) is 38.5 Å². The quantitative estimate of drug-likeness (QED) is 0.644. The molecule has 7 heteroatoms. The van der Waals surface area contributed by atoms with Crippen LogP contribution in [0.15, 0.2) is 30.0 Å². The summed E-state index contributed by atoms with van der Waals surface area (Å²) >= 11 is 1.62. The van der Waals surface area contributed by atoms with Gasteiger partial charge in [-0.3, -0.25) is 9.88 Å². The molecule has 1 atom stereocenters. The number of ether oxygens (including phenoxy) is 1. The number of esters is 1. The highest BCUT2D eigenvalue weighted by Gasteiger charge is 2.26. The number of carbonyl (C=O) groups is 1. The molecule has 0 bridgehead atoms. The first-order valence-corrected chi connectivity index (χ1v) is 11.0. The van der Waals surface area contributed by atoms with Gasteiger partial charge in [0.25, 0.3) is 0 Å². The van der Waals surface area contributed by atoms with Crippen molar-refractivity contribution in [3.63, 3.8) is 0 Å². The Bertz CT molecular complexity index is 1000. The summed E-state index contributed by atoms with van der Waals surface area (Å²) in [5, 5.41) is 3.42. The van der Waals surface area contributed by atoms with Crippen LogP contribution in [0, 0.1) is 6.92 Å². The van der Waals surface area contributed by atoms with Crippen molar-refractivity contribution < 1.29 is 9.53 Å². The Labute approximate surface area is 175 Å². The Morgan fingerprint density at radius 3 is 2.66 bits per heavy atom. The molecule has 1 fully saturated rings. The second kappa shape index (κ2) is 8.26. The Balaban J connectivity index is 1.86. The molecule has 4 rings (SSSR count). The number of carbonyl (C=O) groups excluding carboxylic acids is 1. The summed E-state index contributed by atoms with van der Waals surface area (Å²) in [6.07, 6.45) is 3.91. The van der Waals surface area contributed by atoms with Gasteiger partial charge in [0.15, 0.2) is 0 Å². The number of pyridine rings is 1.